The fourth-order valence-electron chi connectivity index (χ4n) is 4.32. The van der Waals surface area contributed by atoms with E-state index < -0.39 is 5.60 Å². The van der Waals surface area contributed by atoms with Gasteiger partial charge in [0.2, 0.25) is 0 Å². The van der Waals surface area contributed by atoms with Gasteiger partial charge in [-0.05, 0) is 62.0 Å². The molecular weight excluding hydrogens is 240 g/mol. The van der Waals surface area contributed by atoms with Crippen LogP contribution in [0.15, 0.2) is 6.07 Å². The van der Waals surface area contributed by atoms with Crippen LogP contribution in [0.25, 0.3) is 0 Å². The summed E-state index contributed by atoms with van der Waals surface area (Å²) in [6, 6.07) is 2.36. The Hall–Kier alpha value is -0.340. The number of rotatable bonds is 1. The topological polar surface area (TPSA) is 20.2 Å². The zero-order valence-electron chi connectivity index (χ0n) is 11.0. The highest BCUT2D eigenvalue weighted by Gasteiger charge is 2.65. The summed E-state index contributed by atoms with van der Waals surface area (Å²) in [5.41, 5.74) is 1.15. The first-order valence-electron chi connectivity index (χ1n) is 7.64. The molecule has 1 aromatic rings. The maximum Gasteiger partial charge on any atom is 0.105 e. The molecule has 3 aliphatic carbocycles. The van der Waals surface area contributed by atoms with Crippen LogP contribution in [0.2, 0.25) is 0 Å². The summed E-state index contributed by atoms with van der Waals surface area (Å²) >= 11 is 1.93. The SMILES string of the molecule is OC1(c2cc3c(s2)CCCCC3)C2CCCCC21. The van der Waals surface area contributed by atoms with Gasteiger partial charge >= 0.3 is 0 Å². The number of aliphatic hydroxyl groups is 1. The Bertz CT molecular complexity index is 426. The van der Waals surface area contributed by atoms with Crippen molar-refractivity contribution in [3.05, 3.63) is 21.4 Å². The predicted molar refractivity (Wildman–Crippen MR) is 74.9 cm³/mol. The van der Waals surface area contributed by atoms with Gasteiger partial charge in [0.1, 0.15) is 5.60 Å². The number of thiophene rings is 1. The van der Waals surface area contributed by atoms with Gasteiger partial charge in [-0.25, -0.2) is 0 Å². The Kier molecular flexibility index (Phi) is 2.60. The van der Waals surface area contributed by atoms with Gasteiger partial charge in [-0.15, -0.1) is 11.3 Å². The maximum atomic E-state index is 11.0. The number of fused-ring (bicyclic) bond motifs is 2. The summed E-state index contributed by atoms with van der Waals surface area (Å²) < 4.78 is 0. The first-order chi connectivity index (χ1) is 8.80. The van der Waals surface area contributed by atoms with Crippen molar-refractivity contribution in [2.24, 2.45) is 11.8 Å². The molecule has 0 bridgehead atoms. The lowest BCUT2D eigenvalue weighted by molar-refractivity contribution is 0.122. The molecule has 2 heteroatoms. The molecular formula is C16H22OS. The van der Waals surface area contributed by atoms with E-state index in [1.165, 1.54) is 62.7 Å². The highest BCUT2D eigenvalue weighted by atomic mass is 32.1. The van der Waals surface area contributed by atoms with Crippen LogP contribution in [-0.4, -0.2) is 5.11 Å². The van der Waals surface area contributed by atoms with Gasteiger partial charge in [0.05, 0.1) is 0 Å². The number of hydrogen-bond donors (Lipinski definition) is 1. The van der Waals surface area contributed by atoms with Crippen LogP contribution in [0.3, 0.4) is 0 Å². The van der Waals surface area contributed by atoms with E-state index in [4.69, 9.17) is 0 Å². The number of hydrogen-bond acceptors (Lipinski definition) is 2. The molecule has 2 saturated carbocycles. The standard InChI is InChI=1S/C16H22OS/c17-16(12-7-4-5-8-13(12)16)15-10-11-6-2-1-3-9-14(11)18-15/h10,12-13,17H,1-9H2. The van der Waals surface area contributed by atoms with Crippen LogP contribution < -0.4 is 0 Å². The molecule has 98 valence electrons. The largest absolute Gasteiger partial charge is 0.384 e. The summed E-state index contributed by atoms with van der Waals surface area (Å²) in [5.74, 6) is 1.18. The van der Waals surface area contributed by atoms with Crippen molar-refractivity contribution in [3.63, 3.8) is 0 Å². The molecule has 2 atom stereocenters. The van der Waals surface area contributed by atoms with E-state index in [-0.39, 0.29) is 0 Å². The molecule has 1 aromatic heterocycles. The summed E-state index contributed by atoms with van der Waals surface area (Å²) in [5, 5.41) is 11.0. The van der Waals surface area contributed by atoms with E-state index in [0.717, 1.165) is 0 Å². The van der Waals surface area contributed by atoms with Crippen LogP contribution in [0.1, 0.15) is 60.3 Å². The fraction of sp³-hybridized carbons (Fsp3) is 0.750. The molecule has 0 aromatic carbocycles. The molecule has 18 heavy (non-hydrogen) atoms. The van der Waals surface area contributed by atoms with Gasteiger partial charge in [-0.3, -0.25) is 0 Å². The van der Waals surface area contributed by atoms with Gasteiger partial charge in [0.25, 0.3) is 0 Å². The lowest BCUT2D eigenvalue weighted by Gasteiger charge is -2.07. The first-order valence-corrected chi connectivity index (χ1v) is 8.46. The Balaban J connectivity index is 1.66. The molecule has 4 rings (SSSR count). The molecule has 0 amide bonds. The summed E-state index contributed by atoms with van der Waals surface area (Å²) in [7, 11) is 0. The third-order valence-electron chi connectivity index (χ3n) is 5.43. The van der Waals surface area contributed by atoms with Crippen molar-refractivity contribution >= 4 is 11.3 Å². The average Bonchev–Trinajstić information content (AvgIpc) is 2.91. The second-order valence-electron chi connectivity index (χ2n) is 6.44. The van der Waals surface area contributed by atoms with Gasteiger partial charge in [0.15, 0.2) is 0 Å². The smallest absolute Gasteiger partial charge is 0.105 e. The summed E-state index contributed by atoms with van der Waals surface area (Å²) in [6.45, 7) is 0. The Labute approximate surface area is 113 Å². The van der Waals surface area contributed by atoms with Crippen molar-refractivity contribution < 1.29 is 5.11 Å². The summed E-state index contributed by atoms with van der Waals surface area (Å²) in [6.07, 6.45) is 11.7. The third kappa shape index (κ3) is 1.55. The quantitative estimate of drug-likeness (QED) is 0.758. The second kappa shape index (κ2) is 4.08. The molecule has 2 unspecified atom stereocenters. The lowest BCUT2D eigenvalue weighted by Crippen LogP contribution is -2.07. The number of aryl methyl sites for hydroxylation is 2. The Morgan fingerprint density at radius 3 is 2.50 bits per heavy atom. The maximum absolute atomic E-state index is 11.0. The Morgan fingerprint density at radius 2 is 1.72 bits per heavy atom. The van der Waals surface area contributed by atoms with E-state index in [1.807, 2.05) is 11.3 Å². The van der Waals surface area contributed by atoms with Crippen LogP contribution >= 0.6 is 11.3 Å². The van der Waals surface area contributed by atoms with Crippen molar-refractivity contribution in [2.75, 3.05) is 0 Å². The summed E-state index contributed by atoms with van der Waals surface area (Å²) in [4.78, 5) is 2.89. The van der Waals surface area contributed by atoms with Gasteiger partial charge < -0.3 is 5.11 Å². The van der Waals surface area contributed by atoms with Crippen molar-refractivity contribution in [3.8, 4) is 0 Å². The molecule has 2 fully saturated rings. The zero-order chi connectivity index (χ0) is 12.2. The van der Waals surface area contributed by atoms with Crippen LogP contribution in [0, 0.1) is 11.8 Å². The molecule has 1 heterocycles. The van der Waals surface area contributed by atoms with Gasteiger partial charge in [-0.1, -0.05) is 19.3 Å². The first kappa shape index (κ1) is 11.5. The Morgan fingerprint density at radius 1 is 1.00 bits per heavy atom. The molecule has 0 aliphatic heterocycles. The van der Waals surface area contributed by atoms with Crippen LogP contribution in [0.4, 0.5) is 0 Å². The van der Waals surface area contributed by atoms with Crippen molar-refractivity contribution in [1.29, 1.82) is 0 Å². The minimum absolute atomic E-state index is 0.409. The molecule has 0 spiro atoms. The van der Waals surface area contributed by atoms with Gasteiger partial charge in [-0.2, -0.15) is 0 Å². The van der Waals surface area contributed by atoms with Crippen LogP contribution in [0.5, 0.6) is 0 Å². The zero-order valence-corrected chi connectivity index (χ0v) is 11.8. The monoisotopic (exact) mass is 262 g/mol. The third-order valence-corrected chi connectivity index (χ3v) is 6.81. The lowest BCUT2D eigenvalue weighted by atomic mass is 10.0. The fourth-order valence-corrected chi connectivity index (χ4v) is 5.79. The molecule has 3 aliphatic rings. The molecule has 1 N–H and O–H groups in total. The molecule has 0 saturated heterocycles. The normalized spacial score (nSPS) is 38.7. The molecule has 1 nitrogen and oxygen atoms in total. The highest BCUT2D eigenvalue weighted by molar-refractivity contribution is 7.12. The van der Waals surface area contributed by atoms with Crippen molar-refractivity contribution in [2.45, 2.75) is 63.4 Å². The average molecular weight is 262 g/mol. The van der Waals surface area contributed by atoms with E-state index in [2.05, 4.69) is 6.07 Å². The van der Waals surface area contributed by atoms with E-state index in [0.29, 0.717) is 11.8 Å². The predicted octanol–water partition coefficient (Wildman–Crippen LogP) is 4.02. The van der Waals surface area contributed by atoms with E-state index in [1.54, 1.807) is 10.4 Å². The van der Waals surface area contributed by atoms with Crippen molar-refractivity contribution in [1.82, 2.24) is 0 Å². The minimum Gasteiger partial charge on any atom is -0.384 e. The van der Waals surface area contributed by atoms with E-state index in [9.17, 15) is 5.11 Å². The minimum atomic E-state index is -0.409. The highest BCUT2D eigenvalue weighted by Crippen LogP contribution is 2.65. The second-order valence-corrected chi connectivity index (χ2v) is 7.58. The van der Waals surface area contributed by atoms with Gasteiger partial charge in [0, 0.05) is 9.75 Å². The molecule has 0 radical (unpaired) electrons. The van der Waals surface area contributed by atoms with Crippen LogP contribution in [-0.2, 0) is 18.4 Å². The van der Waals surface area contributed by atoms with E-state index >= 15 is 0 Å².